The summed E-state index contributed by atoms with van der Waals surface area (Å²) >= 11 is 5.90. The molecule has 0 unspecified atom stereocenters. The molecular formula is C13H10ClN3O. The van der Waals surface area contributed by atoms with Gasteiger partial charge in [0.25, 0.3) is 0 Å². The van der Waals surface area contributed by atoms with E-state index in [0.717, 1.165) is 22.0 Å². The highest BCUT2D eigenvalue weighted by molar-refractivity contribution is 6.32. The molecule has 0 saturated heterocycles. The maximum atomic E-state index is 9.41. The average molecular weight is 260 g/mol. The molecule has 1 aromatic heterocycles. The van der Waals surface area contributed by atoms with E-state index in [1.165, 1.54) is 0 Å². The van der Waals surface area contributed by atoms with Gasteiger partial charge in [0.2, 0.25) is 0 Å². The summed E-state index contributed by atoms with van der Waals surface area (Å²) in [6, 6.07) is 10.9. The van der Waals surface area contributed by atoms with E-state index < -0.39 is 0 Å². The first-order valence-electron chi connectivity index (χ1n) is 5.37. The third-order valence-electron chi connectivity index (χ3n) is 2.87. The predicted molar refractivity (Wildman–Crippen MR) is 72.6 cm³/mol. The number of nitrogens with two attached hydrogens (primary N) is 1. The van der Waals surface area contributed by atoms with Gasteiger partial charge in [0, 0.05) is 5.39 Å². The highest BCUT2D eigenvalue weighted by Crippen LogP contribution is 2.31. The van der Waals surface area contributed by atoms with Crippen molar-refractivity contribution in [2.24, 2.45) is 0 Å². The average Bonchev–Trinajstić information content (AvgIpc) is 2.74. The Morgan fingerprint density at radius 3 is 2.61 bits per heavy atom. The van der Waals surface area contributed by atoms with Crippen molar-refractivity contribution in [1.82, 2.24) is 10.2 Å². The summed E-state index contributed by atoms with van der Waals surface area (Å²) in [6.45, 7) is 0. The van der Waals surface area contributed by atoms with Crippen LogP contribution in [0.5, 0.6) is 5.75 Å². The number of nitrogens with zero attached hydrogens (tertiary/aromatic N) is 1. The number of hydrogen-bond donors (Lipinski definition) is 3. The van der Waals surface area contributed by atoms with Crippen LogP contribution in [0.1, 0.15) is 0 Å². The first-order chi connectivity index (χ1) is 8.65. The summed E-state index contributed by atoms with van der Waals surface area (Å²) in [7, 11) is 0. The summed E-state index contributed by atoms with van der Waals surface area (Å²) in [4.78, 5) is 0. The van der Waals surface area contributed by atoms with Gasteiger partial charge in [0.05, 0.1) is 10.5 Å². The molecule has 0 aliphatic heterocycles. The Labute approximate surface area is 108 Å². The second-order valence-corrected chi connectivity index (χ2v) is 4.44. The van der Waals surface area contributed by atoms with Crippen molar-refractivity contribution < 1.29 is 5.11 Å². The zero-order valence-corrected chi connectivity index (χ0v) is 10.1. The fourth-order valence-corrected chi connectivity index (χ4v) is 2.08. The van der Waals surface area contributed by atoms with Gasteiger partial charge >= 0.3 is 0 Å². The molecule has 4 N–H and O–H groups in total. The van der Waals surface area contributed by atoms with Gasteiger partial charge in [-0.3, -0.25) is 5.10 Å². The number of aromatic amines is 1. The van der Waals surface area contributed by atoms with Gasteiger partial charge in [-0.1, -0.05) is 23.7 Å². The number of phenols is 1. The molecule has 0 aliphatic rings. The Hall–Kier alpha value is -2.20. The molecule has 0 saturated carbocycles. The fraction of sp³-hybridized carbons (Fsp3) is 0. The van der Waals surface area contributed by atoms with Gasteiger partial charge in [-0.25, -0.2) is 0 Å². The number of halogens is 1. The number of nitrogen functional groups attached to an aromatic ring is 1. The van der Waals surface area contributed by atoms with Crippen LogP contribution in [-0.2, 0) is 0 Å². The van der Waals surface area contributed by atoms with Crippen LogP contribution in [0, 0.1) is 0 Å². The smallest absolute Gasteiger partial charge is 0.153 e. The maximum absolute atomic E-state index is 9.41. The summed E-state index contributed by atoms with van der Waals surface area (Å²) in [5.74, 6) is 0.543. The number of fused-ring (bicyclic) bond motifs is 1. The number of aromatic nitrogens is 2. The zero-order valence-electron chi connectivity index (χ0n) is 9.31. The number of anilines is 1. The lowest BCUT2D eigenvalue weighted by molar-refractivity contribution is 0.475. The monoisotopic (exact) mass is 259 g/mol. The number of hydrogen-bond acceptors (Lipinski definition) is 3. The number of benzene rings is 2. The largest absolute Gasteiger partial charge is 0.506 e. The fourth-order valence-electron chi connectivity index (χ4n) is 1.90. The molecule has 2 aromatic carbocycles. The number of H-pyrrole nitrogens is 1. The molecule has 0 fully saturated rings. The van der Waals surface area contributed by atoms with Crippen molar-refractivity contribution in [2.75, 3.05) is 5.73 Å². The number of nitrogens with one attached hydrogen (secondary N) is 1. The van der Waals surface area contributed by atoms with Gasteiger partial charge in [0.15, 0.2) is 5.82 Å². The van der Waals surface area contributed by atoms with Crippen LogP contribution in [0.3, 0.4) is 0 Å². The molecule has 0 amide bonds. The number of aromatic hydroxyl groups is 1. The summed E-state index contributed by atoms with van der Waals surface area (Å²) in [5, 5.41) is 17.4. The Bertz CT molecular complexity index is 736. The van der Waals surface area contributed by atoms with Crippen LogP contribution in [0.25, 0.3) is 22.0 Å². The Balaban J connectivity index is 2.18. The van der Waals surface area contributed by atoms with E-state index in [1.807, 2.05) is 18.2 Å². The van der Waals surface area contributed by atoms with Crippen LogP contribution in [0.2, 0.25) is 5.02 Å². The molecule has 1 heterocycles. The van der Waals surface area contributed by atoms with Gasteiger partial charge in [0.1, 0.15) is 5.75 Å². The molecular weight excluding hydrogens is 250 g/mol. The maximum Gasteiger partial charge on any atom is 0.153 e. The third kappa shape index (κ3) is 1.67. The molecule has 3 rings (SSSR count). The van der Waals surface area contributed by atoms with Crippen molar-refractivity contribution in [1.29, 1.82) is 0 Å². The lowest BCUT2D eigenvalue weighted by Crippen LogP contribution is -1.84. The SMILES string of the molecule is Nc1n[nH]c2ccc(-c3ccc(O)c(Cl)c3)cc12. The summed E-state index contributed by atoms with van der Waals surface area (Å²) < 4.78 is 0. The molecule has 90 valence electrons. The molecule has 0 spiro atoms. The van der Waals surface area contributed by atoms with E-state index in [1.54, 1.807) is 18.2 Å². The van der Waals surface area contributed by atoms with Crippen LogP contribution < -0.4 is 5.73 Å². The first kappa shape index (κ1) is 10.9. The van der Waals surface area contributed by atoms with E-state index in [-0.39, 0.29) is 5.75 Å². The second-order valence-electron chi connectivity index (χ2n) is 4.04. The minimum Gasteiger partial charge on any atom is -0.506 e. The van der Waals surface area contributed by atoms with Crippen molar-refractivity contribution in [3.8, 4) is 16.9 Å². The van der Waals surface area contributed by atoms with E-state index >= 15 is 0 Å². The zero-order chi connectivity index (χ0) is 12.7. The van der Waals surface area contributed by atoms with Crippen molar-refractivity contribution in [3.63, 3.8) is 0 Å². The molecule has 0 bridgehead atoms. The predicted octanol–water partition coefficient (Wildman–Crippen LogP) is 3.17. The van der Waals surface area contributed by atoms with E-state index in [4.69, 9.17) is 17.3 Å². The van der Waals surface area contributed by atoms with E-state index in [2.05, 4.69) is 10.2 Å². The quantitative estimate of drug-likeness (QED) is 0.628. The lowest BCUT2D eigenvalue weighted by Gasteiger charge is -2.04. The Morgan fingerprint density at radius 1 is 1.11 bits per heavy atom. The number of phenolic OH excluding ortho intramolecular Hbond substituents is 1. The van der Waals surface area contributed by atoms with E-state index in [9.17, 15) is 5.11 Å². The Kier molecular flexibility index (Phi) is 2.38. The lowest BCUT2D eigenvalue weighted by atomic mass is 10.0. The molecule has 0 radical (unpaired) electrons. The normalized spacial score (nSPS) is 10.9. The number of rotatable bonds is 1. The molecule has 5 heteroatoms. The van der Waals surface area contributed by atoms with Crippen molar-refractivity contribution >= 4 is 28.3 Å². The van der Waals surface area contributed by atoms with Gasteiger partial charge in [-0.2, -0.15) is 5.10 Å². The Morgan fingerprint density at radius 2 is 1.83 bits per heavy atom. The minimum absolute atomic E-state index is 0.0734. The summed E-state index contributed by atoms with van der Waals surface area (Å²) in [6.07, 6.45) is 0. The van der Waals surface area contributed by atoms with E-state index in [0.29, 0.717) is 10.8 Å². The standard InChI is InChI=1S/C13H10ClN3O/c14-10-6-8(2-4-12(10)18)7-1-3-11-9(5-7)13(15)17-16-11/h1-6,18H,(H3,15,16,17). The van der Waals surface area contributed by atoms with Gasteiger partial charge < -0.3 is 10.8 Å². The highest BCUT2D eigenvalue weighted by atomic mass is 35.5. The van der Waals surface area contributed by atoms with Crippen LogP contribution in [0.15, 0.2) is 36.4 Å². The first-order valence-corrected chi connectivity index (χ1v) is 5.75. The highest BCUT2D eigenvalue weighted by Gasteiger charge is 2.06. The third-order valence-corrected chi connectivity index (χ3v) is 3.18. The molecule has 0 aliphatic carbocycles. The summed E-state index contributed by atoms with van der Waals surface area (Å²) in [5.41, 5.74) is 8.55. The van der Waals surface area contributed by atoms with Crippen LogP contribution >= 0.6 is 11.6 Å². The van der Waals surface area contributed by atoms with Crippen LogP contribution in [-0.4, -0.2) is 15.3 Å². The van der Waals surface area contributed by atoms with Crippen molar-refractivity contribution in [3.05, 3.63) is 41.4 Å². The van der Waals surface area contributed by atoms with Crippen molar-refractivity contribution in [2.45, 2.75) is 0 Å². The molecule has 4 nitrogen and oxygen atoms in total. The minimum atomic E-state index is 0.0734. The molecule has 3 aromatic rings. The van der Waals surface area contributed by atoms with Crippen LogP contribution in [0.4, 0.5) is 5.82 Å². The molecule has 18 heavy (non-hydrogen) atoms. The molecule has 0 atom stereocenters. The topological polar surface area (TPSA) is 74.9 Å². The second kappa shape index (κ2) is 3.92. The van der Waals surface area contributed by atoms with Gasteiger partial charge in [-0.15, -0.1) is 0 Å². The van der Waals surface area contributed by atoms with Gasteiger partial charge in [-0.05, 0) is 35.4 Å².